The molecule has 6 heteroatoms. The highest BCUT2D eigenvalue weighted by Crippen LogP contribution is 2.29. The van der Waals surface area contributed by atoms with Crippen LogP contribution in [0.5, 0.6) is 0 Å². The van der Waals surface area contributed by atoms with Gasteiger partial charge in [0.25, 0.3) is 0 Å². The van der Waals surface area contributed by atoms with E-state index >= 15 is 0 Å². The SMILES string of the molecule is N[C@H](CC(F)(F)F)c1ccc(Cl)o1. The van der Waals surface area contributed by atoms with Crippen molar-refractivity contribution in [2.45, 2.75) is 18.6 Å². The molecule has 0 radical (unpaired) electrons. The van der Waals surface area contributed by atoms with E-state index in [4.69, 9.17) is 21.8 Å². The molecular weight excluding hydrogens is 207 g/mol. The third-order valence-corrected chi connectivity index (χ3v) is 1.61. The van der Waals surface area contributed by atoms with Crippen LogP contribution in [0, 0.1) is 0 Å². The molecule has 1 heterocycles. The number of furan rings is 1. The molecule has 0 saturated heterocycles. The second-order valence-corrected chi connectivity index (χ2v) is 2.94. The number of alkyl halides is 3. The molecule has 0 aliphatic heterocycles. The molecule has 0 aromatic carbocycles. The van der Waals surface area contributed by atoms with Gasteiger partial charge in [0.2, 0.25) is 0 Å². The van der Waals surface area contributed by atoms with Gasteiger partial charge in [-0.15, -0.1) is 0 Å². The maximum Gasteiger partial charge on any atom is 0.391 e. The van der Waals surface area contributed by atoms with Crippen LogP contribution in [0.15, 0.2) is 16.5 Å². The van der Waals surface area contributed by atoms with Gasteiger partial charge < -0.3 is 10.2 Å². The minimum Gasteiger partial charge on any atom is -0.448 e. The Morgan fingerprint density at radius 3 is 2.46 bits per heavy atom. The molecule has 1 rings (SSSR count). The fourth-order valence-corrected chi connectivity index (χ4v) is 1.03. The number of hydrogen-bond donors (Lipinski definition) is 1. The zero-order valence-corrected chi connectivity index (χ0v) is 7.19. The summed E-state index contributed by atoms with van der Waals surface area (Å²) < 4.78 is 40.3. The quantitative estimate of drug-likeness (QED) is 0.821. The Labute approximate surface area is 77.5 Å². The van der Waals surface area contributed by atoms with Gasteiger partial charge in [-0.25, -0.2) is 0 Å². The van der Waals surface area contributed by atoms with Gasteiger partial charge in [0, 0.05) is 0 Å². The Morgan fingerprint density at radius 1 is 1.46 bits per heavy atom. The van der Waals surface area contributed by atoms with Crippen LogP contribution in [0.3, 0.4) is 0 Å². The van der Waals surface area contributed by atoms with Crippen molar-refractivity contribution in [1.29, 1.82) is 0 Å². The fraction of sp³-hybridized carbons (Fsp3) is 0.429. The van der Waals surface area contributed by atoms with E-state index in [0.29, 0.717) is 0 Å². The van der Waals surface area contributed by atoms with Crippen molar-refractivity contribution in [1.82, 2.24) is 0 Å². The Hall–Kier alpha value is -0.680. The molecule has 1 aromatic rings. The molecule has 0 unspecified atom stereocenters. The molecule has 74 valence electrons. The average Bonchev–Trinajstić information content (AvgIpc) is 2.31. The molecule has 2 nitrogen and oxygen atoms in total. The number of hydrogen-bond acceptors (Lipinski definition) is 2. The number of rotatable bonds is 2. The largest absolute Gasteiger partial charge is 0.448 e. The maximum atomic E-state index is 11.8. The van der Waals surface area contributed by atoms with Gasteiger partial charge in [0.15, 0.2) is 5.22 Å². The fourth-order valence-electron chi connectivity index (χ4n) is 0.878. The Morgan fingerprint density at radius 2 is 2.08 bits per heavy atom. The molecule has 0 saturated carbocycles. The zero-order valence-electron chi connectivity index (χ0n) is 6.44. The predicted octanol–water partition coefficient (Wildman–Crippen LogP) is 2.89. The van der Waals surface area contributed by atoms with Gasteiger partial charge in [0.05, 0.1) is 12.5 Å². The minimum atomic E-state index is -4.29. The minimum absolute atomic E-state index is 0.0348. The van der Waals surface area contributed by atoms with Crippen LogP contribution in [-0.4, -0.2) is 6.18 Å². The highest BCUT2D eigenvalue weighted by Gasteiger charge is 2.32. The molecule has 1 aromatic heterocycles. The number of nitrogens with two attached hydrogens (primary N) is 1. The molecule has 0 amide bonds. The van der Waals surface area contributed by atoms with Gasteiger partial charge >= 0.3 is 6.18 Å². The second-order valence-electron chi connectivity index (χ2n) is 2.57. The van der Waals surface area contributed by atoms with Crippen LogP contribution in [-0.2, 0) is 0 Å². The summed E-state index contributed by atoms with van der Waals surface area (Å²) in [4.78, 5) is 0. The standard InChI is InChI=1S/C7H7ClF3NO/c8-6-2-1-5(13-6)4(12)3-7(9,10)11/h1-2,4H,3,12H2/t4-/m1/s1. The summed E-state index contributed by atoms with van der Waals surface area (Å²) in [6.07, 6.45) is -5.41. The van der Waals surface area contributed by atoms with Gasteiger partial charge in [-0.05, 0) is 23.7 Å². The van der Waals surface area contributed by atoms with Gasteiger partial charge in [0.1, 0.15) is 5.76 Å². The molecule has 0 aliphatic rings. The lowest BCUT2D eigenvalue weighted by Gasteiger charge is -2.10. The van der Waals surface area contributed by atoms with Crippen molar-refractivity contribution in [2.24, 2.45) is 5.73 Å². The summed E-state index contributed by atoms with van der Waals surface area (Å²) in [6.45, 7) is 0. The molecule has 0 aliphatic carbocycles. The van der Waals surface area contributed by atoms with E-state index in [1.54, 1.807) is 0 Å². The maximum absolute atomic E-state index is 11.8. The monoisotopic (exact) mass is 213 g/mol. The van der Waals surface area contributed by atoms with Crippen molar-refractivity contribution in [3.8, 4) is 0 Å². The zero-order chi connectivity index (χ0) is 10.1. The topological polar surface area (TPSA) is 39.2 Å². The predicted molar refractivity (Wildman–Crippen MR) is 41.3 cm³/mol. The molecule has 0 spiro atoms. The van der Waals surface area contributed by atoms with E-state index in [0.717, 1.165) is 0 Å². The molecule has 0 fully saturated rings. The lowest BCUT2D eigenvalue weighted by Crippen LogP contribution is -2.19. The number of halogens is 4. The van der Waals surface area contributed by atoms with Crippen LogP contribution in [0.25, 0.3) is 0 Å². The second kappa shape index (κ2) is 3.59. The van der Waals surface area contributed by atoms with Crippen molar-refractivity contribution >= 4 is 11.6 Å². The molecule has 2 N–H and O–H groups in total. The van der Waals surface area contributed by atoms with Crippen molar-refractivity contribution in [3.05, 3.63) is 23.1 Å². The highest BCUT2D eigenvalue weighted by molar-refractivity contribution is 6.28. The molecule has 1 atom stereocenters. The first-order valence-electron chi connectivity index (χ1n) is 3.46. The highest BCUT2D eigenvalue weighted by atomic mass is 35.5. The van der Waals surface area contributed by atoms with Crippen molar-refractivity contribution in [3.63, 3.8) is 0 Å². The van der Waals surface area contributed by atoms with Gasteiger partial charge in [-0.3, -0.25) is 0 Å². The van der Waals surface area contributed by atoms with E-state index in [-0.39, 0.29) is 11.0 Å². The van der Waals surface area contributed by atoms with Crippen LogP contribution < -0.4 is 5.73 Å². The average molecular weight is 214 g/mol. The summed E-state index contributed by atoms with van der Waals surface area (Å²) in [6, 6.07) is 1.50. The normalized spacial score (nSPS) is 14.5. The van der Waals surface area contributed by atoms with Crippen LogP contribution in [0.2, 0.25) is 5.22 Å². The van der Waals surface area contributed by atoms with E-state index in [1.807, 2.05) is 0 Å². The summed E-state index contributed by atoms with van der Waals surface area (Å²) in [5, 5.41) is 0.0348. The Bertz CT molecular complexity index is 284. The smallest absolute Gasteiger partial charge is 0.391 e. The van der Waals surface area contributed by atoms with Crippen LogP contribution in [0.1, 0.15) is 18.2 Å². The van der Waals surface area contributed by atoms with Crippen molar-refractivity contribution in [2.75, 3.05) is 0 Å². The molecule has 0 bridgehead atoms. The van der Waals surface area contributed by atoms with E-state index in [2.05, 4.69) is 0 Å². The third kappa shape index (κ3) is 3.28. The first-order chi connectivity index (χ1) is 5.88. The Balaban J connectivity index is 2.64. The van der Waals surface area contributed by atoms with E-state index < -0.39 is 18.6 Å². The lowest BCUT2D eigenvalue weighted by molar-refractivity contribution is -0.139. The first-order valence-corrected chi connectivity index (χ1v) is 3.84. The van der Waals surface area contributed by atoms with Crippen molar-refractivity contribution < 1.29 is 17.6 Å². The first kappa shape index (κ1) is 10.4. The van der Waals surface area contributed by atoms with E-state index in [1.165, 1.54) is 12.1 Å². The van der Waals surface area contributed by atoms with Crippen LogP contribution >= 0.6 is 11.6 Å². The summed E-state index contributed by atoms with van der Waals surface area (Å²) in [5.74, 6) is 0.0438. The van der Waals surface area contributed by atoms with E-state index in [9.17, 15) is 13.2 Å². The molecular formula is C7H7ClF3NO. The van der Waals surface area contributed by atoms with Gasteiger partial charge in [-0.2, -0.15) is 13.2 Å². The summed E-state index contributed by atoms with van der Waals surface area (Å²) in [5.41, 5.74) is 5.22. The lowest BCUT2D eigenvalue weighted by atomic mass is 10.2. The summed E-state index contributed by atoms with van der Waals surface area (Å²) >= 11 is 5.37. The van der Waals surface area contributed by atoms with Crippen LogP contribution in [0.4, 0.5) is 13.2 Å². The summed E-state index contributed by atoms with van der Waals surface area (Å²) in [7, 11) is 0. The van der Waals surface area contributed by atoms with Gasteiger partial charge in [-0.1, -0.05) is 0 Å². The third-order valence-electron chi connectivity index (χ3n) is 1.41. The Kier molecular flexibility index (Phi) is 2.87. The molecule has 13 heavy (non-hydrogen) atoms.